The van der Waals surface area contributed by atoms with Gasteiger partial charge in [-0.15, -0.1) is 0 Å². The van der Waals surface area contributed by atoms with Crippen LogP contribution in [0.5, 0.6) is 5.88 Å². The summed E-state index contributed by atoms with van der Waals surface area (Å²) in [6.45, 7) is 3.24. The maximum atomic E-state index is 12.8. The van der Waals surface area contributed by atoms with Gasteiger partial charge >= 0.3 is 0 Å². The molecule has 1 aromatic heterocycles. The van der Waals surface area contributed by atoms with Gasteiger partial charge in [0.1, 0.15) is 12.2 Å². The van der Waals surface area contributed by atoms with E-state index in [0.29, 0.717) is 6.54 Å². The van der Waals surface area contributed by atoms with Crippen LogP contribution in [-0.2, 0) is 4.79 Å². The van der Waals surface area contributed by atoms with E-state index in [1.165, 1.54) is 12.4 Å². The Morgan fingerprint density at radius 2 is 2.04 bits per heavy atom. The molecule has 0 unspecified atom stereocenters. The van der Waals surface area contributed by atoms with Gasteiger partial charge in [-0.3, -0.25) is 4.79 Å². The van der Waals surface area contributed by atoms with Gasteiger partial charge in [-0.1, -0.05) is 0 Å². The Bertz CT molecular complexity index is 630. The molecule has 0 aromatic carbocycles. The van der Waals surface area contributed by atoms with Crippen LogP contribution in [0.15, 0.2) is 12.4 Å². The lowest BCUT2D eigenvalue weighted by Crippen LogP contribution is -2.49. The molecule has 2 saturated heterocycles. The minimum Gasteiger partial charge on any atom is -0.470 e. The fourth-order valence-corrected chi connectivity index (χ4v) is 3.51. The number of piperidine rings is 2. The average Bonchev–Trinajstić information content (AvgIpc) is 2.62. The molecule has 7 heteroatoms. The summed E-state index contributed by atoms with van der Waals surface area (Å²) < 4.78 is 5.87. The van der Waals surface area contributed by atoms with Gasteiger partial charge in [0, 0.05) is 25.5 Å². The summed E-state index contributed by atoms with van der Waals surface area (Å²) in [7, 11) is 2.07. The van der Waals surface area contributed by atoms with Crippen molar-refractivity contribution in [3.63, 3.8) is 0 Å². The van der Waals surface area contributed by atoms with Crippen molar-refractivity contribution in [2.45, 2.75) is 31.8 Å². The van der Waals surface area contributed by atoms with Crippen molar-refractivity contribution in [2.75, 3.05) is 33.2 Å². The Morgan fingerprint density at radius 1 is 1.25 bits per heavy atom. The van der Waals surface area contributed by atoms with E-state index in [9.17, 15) is 4.79 Å². The fourth-order valence-electron chi connectivity index (χ4n) is 3.51. The van der Waals surface area contributed by atoms with Crippen molar-refractivity contribution < 1.29 is 9.53 Å². The number of ether oxygens (including phenoxy) is 1. The van der Waals surface area contributed by atoms with Crippen LogP contribution in [0.4, 0.5) is 0 Å². The van der Waals surface area contributed by atoms with Crippen LogP contribution in [0.25, 0.3) is 0 Å². The van der Waals surface area contributed by atoms with Crippen LogP contribution in [0, 0.1) is 17.2 Å². The van der Waals surface area contributed by atoms with E-state index >= 15 is 0 Å². The number of carbonyl (C=O) groups excluding carboxylic acids is 1. The molecule has 0 saturated carbocycles. The SMILES string of the molecule is CN1CCC[C@H](C(=O)N2CCC[C@@H](Oc3nccnc3C#N)C2)C1. The maximum Gasteiger partial charge on any atom is 0.251 e. The number of nitrogens with zero attached hydrogens (tertiary/aromatic N) is 5. The lowest BCUT2D eigenvalue weighted by molar-refractivity contribution is -0.139. The molecule has 2 atom stereocenters. The summed E-state index contributed by atoms with van der Waals surface area (Å²) >= 11 is 0. The highest BCUT2D eigenvalue weighted by molar-refractivity contribution is 5.79. The summed E-state index contributed by atoms with van der Waals surface area (Å²) in [6, 6.07) is 1.99. The Kier molecular flexibility index (Phi) is 5.26. The van der Waals surface area contributed by atoms with Crippen LogP contribution in [-0.4, -0.2) is 65.0 Å². The minimum atomic E-state index is -0.132. The average molecular weight is 329 g/mol. The molecule has 2 aliphatic heterocycles. The van der Waals surface area contributed by atoms with Gasteiger partial charge in [0.2, 0.25) is 11.6 Å². The van der Waals surface area contributed by atoms with Gasteiger partial charge < -0.3 is 14.5 Å². The van der Waals surface area contributed by atoms with Gasteiger partial charge in [0.05, 0.1) is 12.5 Å². The predicted molar refractivity (Wildman–Crippen MR) is 87.2 cm³/mol. The van der Waals surface area contributed by atoms with Crippen LogP contribution >= 0.6 is 0 Å². The molecule has 128 valence electrons. The molecule has 3 heterocycles. The molecule has 0 radical (unpaired) electrons. The number of amides is 1. The fraction of sp³-hybridized carbons (Fsp3) is 0.647. The molecule has 2 fully saturated rings. The van der Waals surface area contributed by atoms with Crippen molar-refractivity contribution in [3.8, 4) is 11.9 Å². The van der Waals surface area contributed by atoms with Gasteiger partial charge in [-0.2, -0.15) is 5.26 Å². The number of hydrogen-bond acceptors (Lipinski definition) is 6. The van der Waals surface area contributed by atoms with E-state index in [4.69, 9.17) is 10.00 Å². The second kappa shape index (κ2) is 7.58. The van der Waals surface area contributed by atoms with Gasteiger partial charge in [0.15, 0.2) is 0 Å². The van der Waals surface area contributed by atoms with E-state index < -0.39 is 0 Å². The van der Waals surface area contributed by atoms with Crippen LogP contribution < -0.4 is 4.74 Å². The third-order valence-electron chi connectivity index (χ3n) is 4.71. The van der Waals surface area contributed by atoms with E-state index in [1.54, 1.807) is 0 Å². The zero-order chi connectivity index (χ0) is 16.9. The number of nitriles is 1. The van der Waals surface area contributed by atoms with Crippen LogP contribution in [0.2, 0.25) is 0 Å². The van der Waals surface area contributed by atoms with Crippen molar-refractivity contribution in [2.24, 2.45) is 5.92 Å². The first-order valence-electron chi connectivity index (χ1n) is 8.52. The van der Waals surface area contributed by atoms with Gasteiger partial charge in [0.25, 0.3) is 5.88 Å². The molecule has 0 N–H and O–H groups in total. The molecule has 24 heavy (non-hydrogen) atoms. The molecule has 0 bridgehead atoms. The monoisotopic (exact) mass is 329 g/mol. The Morgan fingerprint density at radius 3 is 2.83 bits per heavy atom. The molecule has 0 spiro atoms. The highest BCUT2D eigenvalue weighted by Gasteiger charge is 2.32. The second-order valence-corrected chi connectivity index (χ2v) is 6.59. The molecular formula is C17H23N5O2. The predicted octanol–water partition coefficient (Wildman–Crippen LogP) is 1.06. The summed E-state index contributed by atoms with van der Waals surface area (Å²) in [5.41, 5.74) is 0.190. The van der Waals surface area contributed by atoms with E-state index in [-0.39, 0.29) is 29.5 Å². The third-order valence-corrected chi connectivity index (χ3v) is 4.71. The molecular weight excluding hydrogens is 306 g/mol. The smallest absolute Gasteiger partial charge is 0.251 e. The first-order chi connectivity index (χ1) is 11.7. The first-order valence-corrected chi connectivity index (χ1v) is 8.52. The topological polar surface area (TPSA) is 82.3 Å². The lowest BCUT2D eigenvalue weighted by atomic mass is 9.95. The van der Waals surface area contributed by atoms with Crippen molar-refractivity contribution in [1.82, 2.24) is 19.8 Å². The molecule has 7 nitrogen and oxygen atoms in total. The summed E-state index contributed by atoms with van der Waals surface area (Å²) in [6.07, 6.45) is 6.66. The highest BCUT2D eigenvalue weighted by Crippen LogP contribution is 2.22. The Labute approximate surface area is 142 Å². The van der Waals surface area contributed by atoms with Crippen molar-refractivity contribution >= 4 is 5.91 Å². The van der Waals surface area contributed by atoms with Crippen LogP contribution in [0.3, 0.4) is 0 Å². The zero-order valence-electron chi connectivity index (χ0n) is 14.0. The molecule has 3 rings (SSSR count). The van der Waals surface area contributed by atoms with Gasteiger partial charge in [-0.05, 0) is 39.3 Å². The van der Waals surface area contributed by atoms with Crippen molar-refractivity contribution in [3.05, 3.63) is 18.1 Å². The number of likely N-dealkylation sites (tertiary alicyclic amines) is 2. The number of hydrogen-bond donors (Lipinski definition) is 0. The number of aromatic nitrogens is 2. The molecule has 0 aliphatic carbocycles. The normalized spacial score (nSPS) is 25.1. The highest BCUT2D eigenvalue weighted by atomic mass is 16.5. The third kappa shape index (κ3) is 3.82. The maximum absolute atomic E-state index is 12.8. The lowest BCUT2D eigenvalue weighted by Gasteiger charge is -2.37. The molecule has 1 amide bonds. The van der Waals surface area contributed by atoms with Crippen molar-refractivity contribution in [1.29, 1.82) is 5.26 Å². The summed E-state index contributed by atoms with van der Waals surface area (Å²) in [5.74, 6) is 0.583. The van der Waals surface area contributed by atoms with E-state index in [0.717, 1.165) is 45.3 Å². The number of rotatable bonds is 3. The Hall–Kier alpha value is -2.20. The zero-order valence-corrected chi connectivity index (χ0v) is 14.0. The minimum absolute atomic E-state index is 0.0914. The molecule has 2 aliphatic rings. The summed E-state index contributed by atoms with van der Waals surface area (Å²) in [4.78, 5) is 25.0. The largest absolute Gasteiger partial charge is 0.470 e. The number of carbonyl (C=O) groups is 1. The summed E-state index contributed by atoms with van der Waals surface area (Å²) in [5, 5.41) is 9.08. The van der Waals surface area contributed by atoms with Gasteiger partial charge in [-0.25, -0.2) is 9.97 Å². The van der Waals surface area contributed by atoms with E-state index in [2.05, 4.69) is 21.9 Å². The Balaban J connectivity index is 1.62. The van der Waals surface area contributed by atoms with Crippen LogP contribution in [0.1, 0.15) is 31.4 Å². The first kappa shape index (κ1) is 16.7. The van der Waals surface area contributed by atoms with E-state index in [1.807, 2.05) is 11.0 Å². The quantitative estimate of drug-likeness (QED) is 0.825. The standard InChI is InChI=1S/C17H23N5O2/c1-21-8-2-4-13(11-21)17(23)22-9-3-5-14(12-22)24-16-15(10-18)19-6-7-20-16/h6-7,13-14H,2-5,8-9,11-12H2,1H3/t13-,14+/m0/s1. The second-order valence-electron chi connectivity index (χ2n) is 6.59. The molecule has 1 aromatic rings.